The van der Waals surface area contributed by atoms with Crippen LogP contribution < -0.4 is 0 Å². The first kappa shape index (κ1) is 17.7. The number of hydrogen-bond donors (Lipinski definition) is 0. The zero-order chi connectivity index (χ0) is 20.6. The Kier molecular flexibility index (Phi) is 4.14. The van der Waals surface area contributed by atoms with Crippen LogP contribution in [-0.2, 0) is 0 Å². The molecule has 0 bridgehead atoms. The van der Waals surface area contributed by atoms with E-state index in [1.54, 1.807) is 0 Å². The van der Waals surface area contributed by atoms with Gasteiger partial charge >= 0.3 is 0 Å². The summed E-state index contributed by atoms with van der Waals surface area (Å²) in [7, 11) is 0. The van der Waals surface area contributed by atoms with Crippen molar-refractivity contribution in [3.05, 3.63) is 121 Å². The summed E-state index contributed by atoms with van der Waals surface area (Å²) in [4.78, 5) is 0. The molecule has 2 nitrogen and oxygen atoms in total. The first-order valence-electron chi connectivity index (χ1n) is 10.5. The average molecular weight is 396 g/mol. The van der Waals surface area contributed by atoms with E-state index < -0.39 is 0 Å². The third-order valence-electron chi connectivity index (χ3n) is 5.77. The van der Waals surface area contributed by atoms with Crippen molar-refractivity contribution in [1.82, 2.24) is 9.61 Å². The largest absolute Gasteiger partial charge is 0.240 e. The molecule has 0 radical (unpaired) electrons. The van der Waals surface area contributed by atoms with Crippen molar-refractivity contribution in [3.8, 4) is 33.5 Å². The van der Waals surface area contributed by atoms with Gasteiger partial charge in [0.15, 0.2) is 0 Å². The summed E-state index contributed by atoms with van der Waals surface area (Å²) < 4.78 is 1.98. The number of rotatable bonds is 3. The van der Waals surface area contributed by atoms with Crippen LogP contribution in [0.1, 0.15) is 0 Å². The Hall–Kier alpha value is -4.17. The third kappa shape index (κ3) is 3.28. The number of aromatic nitrogens is 2. The Labute approximate surface area is 181 Å². The van der Waals surface area contributed by atoms with Gasteiger partial charge in [-0.15, -0.1) is 0 Å². The molecular weight excluding hydrogens is 376 g/mol. The first-order valence-corrected chi connectivity index (χ1v) is 10.5. The highest BCUT2D eigenvalue weighted by molar-refractivity contribution is 5.87. The van der Waals surface area contributed by atoms with Crippen LogP contribution in [-0.4, -0.2) is 9.61 Å². The van der Waals surface area contributed by atoms with Crippen molar-refractivity contribution in [3.63, 3.8) is 0 Å². The van der Waals surface area contributed by atoms with Crippen LogP contribution in [0, 0.1) is 0 Å². The van der Waals surface area contributed by atoms with Gasteiger partial charge in [-0.05, 0) is 58.0 Å². The fourth-order valence-corrected chi connectivity index (χ4v) is 4.18. The molecule has 0 N–H and O–H groups in total. The van der Waals surface area contributed by atoms with Gasteiger partial charge in [-0.1, -0.05) is 84.9 Å². The molecule has 146 valence electrons. The van der Waals surface area contributed by atoms with Gasteiger partial charge in [-0.3, -0.25) is 0 Å². The van der Waals surface area contributed by atoms with Crippen LogP contribution >= 0.6 is 0 Å². The summed E-state index contributed by atoms with van der Waals surface area (Å²) in [5, 5.41) is 7.33. The lowest BCUT2D eigenvalue weighted by Gasteiger charge is -2.09. The van der Waals surface area contributed by atoms with Crippen LogP contribution in [0.15, 0.2) is 121 Å². The van der Waals surface area contributed by atoms with E-state index in [9.17, 15) is 0 Å². The summed E-state index contributed by atoms with van der Waals surface area (Å²) >= 11 is 0. The van der Waals surface area contributed by atoms with Crippen LogP contribution in [0.5, 0.6) is 0 Å². The van der Waals surface area contributed by atoms with Crippen molar-refractivity contribution >= 4 is 16.3 Å². The number of benzene rings is 4. The van der Waals surface area contributed by atoms with Gasteiger partial charge in [0.1, 0.15) is 0 Å². The summed E-state index contributed by atoms with van der Waals surface area (Å²) in [6, 6.07) is 40.6. The highest BCUT2D eigenvalue weighted by Crippen LogP contribution is 2.33. The van der Waals surface area contributed by atoms with E-state index >= 15 is 0 Å². The monoisotopic (exact) mass is 396 g/mol. The molecule has 31 heavy (non-hydrogen) atoms. The standard InChI is InChI=1S/C29H20N2/c1-3-9-21(10-4-1)25-15-26(22-11-5-2-6-12-22)17-27(16-25)29-19-28-18-23-13-7-8-14-24(23)20-31(28)30-29/h1-20H. The van der Waals surface area contributed by atoms with Crippen molar-refractivity contribution in [2.24, 2.45) is 0 Å². The second kappa shape index (κ2) is 7.26. The van der Waals surface area contributed by atoms with Crippen LogP contribution in [0.3, 0.4) is 0 Å². The Bertz CT molecular complexity index is 1400. The molecular formula is C29H20N2. The van der Waals surface area contributed by atoms with E-state index in [-0.39, 0.29) is 0 Å². The van der Waals surface area contributed by atoms with Gasteiger partial charge in [0.2, 0.25) is 0 Å². The van der Waals surface area contributed by atoms with Crippen LogP contribution in [0.25, 0.3) is 49.8 Å². The maximum absolute atomic E-state index is 4.92. The Balaban J connectivity index is 1.56. The normalized spacial score (nSPS) is 11.2. The van der Waals surface area contributed by atoms with Crippen LogP contribution in [0.4, 0.5) is 0 Å². The maximum atomic E-state index is 4.92. The minimum atomic E-state index is 0.977. The zero-order valence-corrected chi connectivity index (χ0v) is 16.9. The van der Waals surface area contributed by atoms with E-state index in [0.29, 0.717) is 0 Å². The van der Waals surface area contributed by atoms with Crippen LogP contribution in [0.2, 0.25) is 0 Å². The highest BCUT2D eigenvalue weighted by atomic mass is 15.2. The molecule has 6 rings (SSSR count). The third-order valence-corrected chi connectivity index (χ3v) is 5.77. The van der Waals surface area contributed by atoms with Gasteiger partial charge in [-0.25, -0.2) is 4.52 Å². The Morgan fingerprint density at radius 1 is 0.452 bits per heavy atom. The van der Waals surface area contributed by atoms with E-state index in [1.807, 2.05) is 4.52 Å². The van der Waals surface area contributed by atoms with Gasteiger partial charge in [-0.2, -0.15) is 5.10 Å². The fourth-order valence-electron chi connectivity index (χ4n) is 4.18. The minimum absolute atomic E-state index is 0.977. The summed E-state index contributed by atoms with van der Waals surface area (Å²) in [6.07, 6.45) is 2.10. The lowest BCUT2D eigenvalue weighted by atomic mass is 9.95. The van der Waals surface area contributed by atoms with Crippen molar-refractivity contribution in [2.75, 3.05) is 0 Å². The molecule has 4 aromatic carbocycles. The molecule has 0 saturated carbocycles. The maximum Gasteiger partial charge on any atom is 0.0934 e. The minimum Gasteiger partial charge on any atom is -0.240 e. The summed E-state index contributed by atoms with van der Waals surface area (Å²) in [5.74, 6) is 0. The topological polar surface area (TPSA) is 17.3 Å². The summed E-state index contributed by atoms with van der Waals surface area (Å²) in [6.45, 7) is 0. The SMILES string of the molecule is c1ccc(-c2cc(-c3ccccc3)cc(-c3cc4cc5ccccc5cn4n3)c2)cc1. The molecule has 0 unspecified atom stereocenters. The predicted octanol–water partition coefficient (Wildman–Crippen LogP) is 7.49. The average Bonchev–Trinajstić information content (AvgIpc) is 3.26. The molecule has 0 aliphatic heterocycles. The van der Waals surface area contributed by atoms with E-state index in [1.165, 1.54) is 33.0 Å². The van der Waals surface area contributed by atoms with Gasteiger partial charge in [0.25, 0.3) is 0 Å². The van der Waals surface area contributed by atoms with Gasteiger partial charge in [0, 0.05) is 17.1 Å². The Morgan fingerprint density at radius 2 is 1.00 bits per heavy atom. The van der Waals surface area contributed by atoms with E-state index in [2.05, 4.69) is 121 Å². The van der Waals surface area contributed by atoms with E-state index in [0.717, 1.165) is 16.8 Å². The van der Waals surface area contributed by atoms with E-state index in [4.69, 9.17) is 5.10 Å². The number of nitrogens with zero attached hydrogens (tertiary/aromatic N) is 2. The molecule has 0 saturated heterocycles. The predicted molar refractivity (Wildman–Crippen MR) is 129 cm³/mol. The number of pyridine rings is 1. The Morgan fingerprint density at radius 3 is 1.65 bits per heavy atom. The van der Waals surface area contributed by atoms with Crippen molar-refractivity contribution in [1.29, 1.82) is 0 Å². The lowest BCUT2D eigenvalue weighted by molar-refractivity contribution is 0.974. The quantitative estimate of drug-likeness (QED) is 0.303. The highest BCUT2D eigenvalue weighted by Gasteiger charge is 2.11. The lowest BCUT2D eigenvalue weighted by Crippen LogP contribution is -1.89. The van der Waals surface area contributed by atoms with Crippen molar-refractivity contribution in [2.45, 2.75) is 0 Å². The number of fused-ring (bicyclic) bond motifs is 2. The second-order valence-corrected chi connectivity index (χ2v) is 7.83. The molecule has 0 amide bonds. The molecule has 0 atom stereocenters. The fraction of sp³-hybridized carbons (Fsp3) is 0. The zero-order valence-electron chi connectivity index (χ0n) is 16.9. The molecule has 2 heterocycles. The molecule has 6 aromatic rings. The smallest absolute Gasteiger partial charge is 0.0934 e. The van der Waals surface area contributed by atoms with Crippen molar-refractivity contribution < 1.29 is 0 Å². The molecule has 0 fully saturated rings. The van der Waals surface area contributed by atoms with Gasteiger partial charge in [0.05, 0.1) is 11.2 Å². The molecule has 2 aromatic heterocycles. The molecule has 0 aliphatic rings. The number of hydrogen-bond acceptors (Lipinski definition) is 1. The van der Waals surface area contributed by atoms with Gasteiger partial charge < -0.3 is 0 Å². The summed E-state index contributed by atoms with van der Waals surface area (Å²) in [5.41, 5.74) is 7.99. The first-order chi connectivity index (χ1) is 15.3. The molecule has 0 aliphatic carbocycles. The molecule has 0 spiro atoms. The molecule has 2 heteroatoms. The second-order valence-electron chi connectivity index (χ2n) is 7.83.